The van der Waals surface area contributed by atoms with Crippen LogP contribution in [0, 0.1) is 0 Å². The molecule has 1 amide bonds. The minimum Gasteiger partial charge on any atom is -0.491 e. The average molecular weight is 325 g/mol. The smallest absolute Gasteiger partial charge is 0.336 e. The number of hydrogen-bond donors (Lipinski definition) is 2. The van der Waals surface area contributed by atoms with Gasteiger partial charge in [-0.25, -0.2) is 4.79 Å². The van der Waals surface area contributed by atoms with Gasteiger partial charge in [-0.3, -0.25) is 4.79 Å². The van der Waals surface area contributed by atoms with E-state index < -0.39 is 11.5 Å². The molecule has 6 nitrogen and oxygen atoms in total. The Hall–Kier alpha value is -3.12. The zero-order valence-corrected chi connectivity index (χ0v) is 12.7. The van der Waals surface area contributed by atoms with Crippen molar-refractivity contribution >= 4 is 16.9 Å². The Kier molecular flexibility index (Phi) is 4.31. The highest BCUT2D eigenvalue weighted by molar-refractivity contribution is 6.00. The maximum Gasteiger partial charge on any atom is 0.336 e. The third-order valence-electron chi connectivity index (χ3n) is 3.55. The Labute approximate surface area is 137 Å². The van der Waals surface area contributed by atoms with Gasteiger partial charge in [0.1, 0.15) is 17.9 Å². The lowest BCUT2D eigenvalue weighted by atomic mass is 10.0. The summed E-state index contributed by atoms with van der Waals surface area (Å²) >= 11 is 0. The van der Waals surface area contributed by atoms with Crippen LogP contribution in [-0.2, 0) is 0 Å². The number of benzene rings is 2. The van der Waals surface area contributed by atoms with Gasteiger partial charge in [-0.05, 0) is 41.5 Å². The summed E-state index contributed by atoms with van der Waals surface area (Å²) in [6, 6.07) is 13.1. The molecule has 3 N–H and O–H groups in total. The lowest BCUT2D eigenvalue weighted by molar-refractivity contribution is 0.100. The van der Waals surface area contributed by atoms with Crippen molar-refractivity contribution in [1.29, 1.82) is 0 Å². The van der Waals surface area contributed by atoms with Crippen molar-refractivity contribution in [3.63, 3.8) is 0 Å². The topological polar surface area (TPSA) is 103 Å². The van der Waals surface area contributed by atoms with Gasteiger partial charge >= 0.3 is 5.63 Å². The molecule has 0 bridgehead atoms. The van der Waals surface area contributed by atoms with E-state index in [1.165, 1.54) is 12.1 Å². The van der Waals surface area contributed by atoms with Gasteiger partial charge in [0.2, 0.25) is 5.91 Å². The summed E-state index contributed by atoms with van der Waals surface area (Å²) in [7, 11) is 0. The number of rotatable bonds is 5. The predicted octanol–water partition coefficient (Wildman–Crippen LogP) is 1.93. The van der Waals surface area contributed by atoms with Gasteiger partial charge in [0.25, 0.3) is 0 Å². The Balaban J connectivity index is 2.12. The number of aliphatic hydroxyl groups excluding tert-OH is 1. The van der Waals surface area contributed by atoms with Crippen LogP contribution < -0.4 is 16.1 Å². The number of aliphatic hydroxyl groups is 1. The molecular weight excluding hydrogens is 310 g/mol. The van der Waals surface area contributed by atoms with E-state index in [0.717, 1.165) is 5.56 Å². The highest BCUT2D eigenvalue weighted by atomic mass is 16.5. The van der Waals surface area contributed by atoms with E-state index in [0.29, 0.717) is 27.8 Å². The van der Waals surface area contributed by atoms with E-state index in [1.54, 1.807) is 36.4 Å². The van der Waals surface area contributed by atoms with Gasteiger partial charge in [-0.2, -0.15) is 0 Å². The van der Waals surface area contributed by atoms with Crippen LogP contribution in [0.1, 0.15) is 10.4 Å². The summed E-state index contributed by atoms with van der Waals surface area (Å²) in [6.45, 7) is 0.140. The molecule has 6 heteroatoms. The zero-order valence-electron chi connectivity index (χ0n) is 12.7. The van der Waals surface area contributed by atoms with Gasteiger partial charge in [-0.1, -0.05) is 12.1 Å². The van der Waals surface area contributed by atoms with Crippen LogP contribution in [0.15, 0.2) is 57.7 Å². The molecule has 1 aromatic heterocycles. The molecule has 3 aromatic rings. The first kappa shape index (κ1) is 15.8. The first-order valence-corrected chi connectivity index (χ1v) is 7.30. The summed E-state index contributed by atoms with van der Waals surface area (Å²) in [5.74, 6) is 0.0553. The molecule has 0 aliphatic carbocycles. The van der Waals surface area contributed by atoms with Gasteiger partial charge in [0.15, 0.2) is 0 Å². The molecule has 0 spiro atoms. The highest BCUT2D eigenvalue weighted by Crippen LogP contribution is 2.29. The molecule has 24 heavy (non-hydrogen) atoms. The Morgan fingerprint density at radius 2 is 1.88 bits per heavy atom. The van der Waals surface area contributed by atoms with Crippen molar-refractivity contribution in [2.24, 2.45) is 5.73 Å². The minimum atomic E-state index is -0.554. The van der Waals surface area contributed by atoms with Crippen molar-refractivity contribution in [1.82, 2.24) is 0 Å². The number of nitrogens with two attached hydrogens (primary N) is 1. The number of carbonyl (C=O) groups excluding carboxylic acids is 1. The summed E-state index contributed by atoms with van der Waals surface area (Å²) in [6.07, 6.45) is 0. The molecule has 0 aliphatic heterocycles. The van der Waals surface area contributed by atoms with Gasteiger partial charge in [-0.15, -0.1) is 0 Å². The molecule has 0 unspecified atom stereocenters. The van der Waals surface area contributed by atoms with Crippen LogP contribution in [0.2, 0.25) is 0 Å². The second kappa shape index (κ2) is 6.55. The molecule has 122 valence electrons. The average Bonchev–Trinajstić information content (AvgIpc) is 2.59. The number of primary amides is 1. The van der Waals surface area contributed by atoms with E-state index >= 15 is 0 Å². The molecule has 3 rings (SSSR count). The molecule has 0 radical (unpaired) electrons. The molecule has 0 fully saturated rings. The molecular formula is C18H15NO5. The SMILES string of the molecule is NC(=O)c1ccc2oc(=O)cc(-c3ccc(OCCO)cc3)c2c1. The Bertz CT molecular complexity index is 944. The number of carbonyl (C=O) groups is 1. The minimum absolute atomic E-state index is 0.0674. The standard InChI is InChI=1S/C18H15NO5/c19-18(22)12-3-6-16-15(9-12)14(10-17(21)24-16)11-1-4-13(5-2-11)23-8-7-20/h1-6,9-10,20H,7-8H2,(H2,19,22). The molecule has 0 aliphatic rings. The molecule has 0 saturated carbocycles. The third kappa shape index (κ3) is 3.13. The molecule has 0 saturated heterocycles. The predicted molar refractivity (Wildman–Crippen MR) is 89.0 cm³/mol. The Morgan fingerprint density at radius 3 is 2.54 bits per heavy atom. The van der Waals surface area contributed by atoms with Gasteiger partial charge in [0, 0.05) is 17.0 Å². The zero-order chi connectivity index (χ0) is 17.1. The number of amides is 1. The van der Waals surface area contributed by atoms with Gasteiger partial charge in [0.05, 0.1) is 6.61 Å². The van der Waals surface area contributed by atoms with Crippen molar-refractivity contribution in [2.45, 2.75) is 0 Å². The van der Waals surface area contributed by atoms with E-state index in [1.807, 2.05) is 0 Å². The molecule has 0 atom stereocenters. The molecule has 2 aromatic carbocycles. The lowest BCUT2D eigenvalue weighted by Crippen LogP contribution is -2.10. The van der Waals surface area contributed by atoms with Crippen molar-refractivity contribution in [2.75, 3.05) is 13.2 Å². The van der Waals surface area contributed by atoms with Crippen LogP contribution in [-0.4, -0.2) is 24.2 Å². The number of fused-ring (bicyclic) bond motifs is 1. The van der Waals surface area contributed by atoms with Crippen LogP contribution >= 0.6 is 0 Å². The summed E-state index contributed by atoms with van der Waals surface area (Å²) in [5.41, 5.74) is 6.96. The summed E-state index contributed by atoms with van der Waals surface area (Å²) < 4.78 is 10.5. The number of ether oxygens (including phenoxy) is 1. The summed E-state index contributed by atoms with van der Waals surface area (Å²) in [4.78, 5) is 23.2. The van der Waals surface area contributed by atoms with Crippen LogP contribution in [0.25, 0.3) is 22.1 Å². The van der Waals surface area contributed by atoms with Crippen LogP contribution in [0.4, 0.5) is 0 Å². The van der Waals surface area contributed by atoms with Crippen LogP contribution in [0.3, 0.4) is 0 Å². The fraction of sp³-hybridized carbons (Fsp3) is 0.111. The monoisotopic (exact) mass is 325 g/mol. The van der Waals surface area contributed by atoms with E-state index in [9.17, 15) is 9.59 Å². The maximum atomic E-state index is 11.8. The quantitative estimate of drug-likeness (QED) is 0.698. The van der Waals surface area contributed by atoms with E-state index in [4.69, 9.17) is 20.0 Å². The maximum absolute atomic E-state index is 11.8. The second-order valence-electron chi connectivity index (χ2n) is 5.15. The lowest BCUT2D eigenvalue weighted by Gasteiger charge is -2.08. The highest BCUT2D eigenvalue weighted by Gasteiger charge is 2.11. The fourth-order valence-electron chi connectivity index (χ4n) is 2.45. The second-order valence-corrected chi connectivity index (χ2v) is 5.15. The van der Waals surface area contributed by atoms with Crippen molar-refractivity contribution < 1.29 is 19.1 Å². The number of hydrogen-bond acceptors (Lipinski definition) is 5. The normalized spacial score (nSPS) is 10.7. The van der Waals surface area contributed by atoms with E-state index in [-0.39, 0.29) is 13.2 Å². The van der Waals surface area contributed by atoms with Crippen molar-refractivity contribution in [3.8, 4) is 16.9 Å². The first-order chi connectivity index (χ1) is 11.6. The van der Waals surface area contributed by atoms with Crippen molar-refractivity contribution in [3.05, 3.63) is 64.5 Å². The third-order valence-corrected chi connectivity index (χ3v) is 3.55. The van der Waals surface area contributed by atoms with E-state index in [2.05, 4.69) is 0 Å². The van der Waals surface area contributed by atoms with Crippen LogP contribution in [0.5, 0.6) is 5.75 Å². The summed E-state index contributed by atoms with van der Waals surface area (Å²) in [5, 5.41) is 9.39. The van der Waals surface area contributed by atoms with Gasteiger partial charge < -0.3 is 20.0 Å². The largest absolute Gasteiger partial charge is 0.491 e. The molecule has 1 heterocycles. The first-order valence-electron chi connectivity index (χ1n) is 7.30. The fourth-order valence-corrected chi connectivity index (χ4v) is 2.45. The Morgan fingerprint density at radius 1 is 1.12 bits per heavy atom.